The van der Waals surface area contributed by atoms with Crippen LogP contribution in [0.25, 0.3) is 0 Å². The fraction of sp³-hybridized carbons (Fsp3) is 0.647. The molecule has 0 amide bonds. The third-order valence-electron chi connectivity index (χ3n) is 4.11. The SMILES string of the molecule is CC1CCC(Nc2ccccc2C(C)(C)C)CC1. The summed E-state index contributed by atoms with van der Waals surface area (Å²) in [5.74, 6) is 0.918. The maximum atomic E-state index is 3.78. The second-order valence-electron chi connectivity index (χ2n) is 6.90. The molecule has 0 unspecified atom stereocenters. The molecule has 1 nitrogen and oxygen atoms in total. The lowest BCUT2D eigenvalue weighted by molar-refractivity contribution is 0.361. The first-order chi connectivity index (χ1) is 8.47. The first-order valence-electron chi connectivity index (χ1n) is 7.33. The van der Waals surface area contributed by atoms with Gasteiger partial charge in [0.1, 0.15) is 0 Å². The average molecular weight is 245 g/mol. The van der Waals surface area contributed by atoms with E-state index in [0.29, 0.717) is 6.04 Å². The van der Waals surface area contributed by atoms with E-state index in [9.17, 15) is 0 Å². The molecule has 0 saturated heterocycles. The molecule has 0 aliphatic heterocycles. The molecule has 1 N–H and O–H groups in total. The van der Waals surface area contributed by atoms with Crippen LogP contribution in [0.4, 0.5) is 5.69 Å². The van der Waals surface area contributed by atoms with E-state index in [1.54, 1.807) is 0 Å². The van der Waals surface area contributed by atoms with Gasteiger partial charge in [0.05, 0.1) is 0 Å². The highest BCUT2D eigenvalue weighted by Crippen LogP contribution is 2.32. The quantitative estimate of drug-likeness (QED) is 0.775. The normalized spacial score (nSPS) is 24.9. The van der Waals surface area contributed by atoms with Gasteiger partial charge in [0.15, 0.2) is 0 Å². The van der Waals surface area contributed by atoms with E-state index < -0.39 is 0 Å². The molecule has 0 radical (unpaired) electrons. The smallest absolute Gasteiger partial charge is 0.0380 e. The largest absolute Gasteiger partial charge is 0.382 e. The number of hydrogen-bond donors (Lipinski definition) is 1. The van der Waals surface area contributed by atoms with Gasteiger partial charge in [0.2, 0.25) is 0 Å². The van der Waals surface area contributed by atoms with Crippen LogP contribution in [0.1, 0.15) is 58.9 Å². The third-order valence-corrected chi connectivity index (χ3v) is 4.11. The van der Waals surface area contributed by atoms with Crippen molar-refractivity contribution in [1.82, 2.24) is 0 Å². The minimum absolute atomic E-state index is 0.214. The van der Waals surface area contributed by atoms with Crippen molar-refractivity contribution < 1.29 is 0 Å². The maximum absolute atomic E-state index is 3.78. The standard InChI is InChI=1S/C17H27N/c1-13-9-11-14(12-10-13)18-16-8-6-5-7-15(16)17(2,3)4/h5-8,13-14,18H,9-12H2,1-4H3. The van der Waals surface area contributed by atoms with Gasteiger partial charge in [-0.15, -0.1) is 0 Å². The van der Waals surface area contributed by atoms with E-state index in [4.69, 9.17) is 0 Å². The molecule has 100 valence electrons. The molecule has 1 aromatic rings. The molecule has 0 spiro atoms. The zero-order chi connectivity index (χ0) is 13.2. The Balaban J connectivity index is 2.10. The Morgan fingerprint density at radius 1 is 1.00 bits per heavy atom. The van der Waals surface area contributed by atoms with Gasteiger partial charge in [-0.3, -0.25) is 0 Å². The van der Waals surface area contributed by atoms with Gasteiger partial charge in [0, 0.05) is 11.7 Å². The fourth-order valence-corrected chi connectivity index (χ4v) is 2.89. The average Bonchev–Trinajstić information content (AvgIpc) is 2.31. The minimum Gasteiger partial charge on any atom is -0.382 e. The van der Waals surface area contributed by atoms with Gasteiger partial charge in [-0.25, -0.2) is 0 Å². The fourth-order valence-electron chi connectivity index (χ4n) is 2.89. The van der Waals surface area contributed by atoms with Crippen molar-refractivity contribution >= 4 is 5.69 Å². The highest BCUT2D eigenvalue weighted by molar-refractivity contribution is 5.54. The Morgan fingerprint density at radius 2 is 1.61 bits per heavy atom. The molecule has 18 heavy (non-hydrogen) atoms. The summed E-state index contributed by atoms with van der Waals surface area (Å²) in [6.07, 6.45) is 5.38. The van der Waals surface area contributed by atoms with Crippen molar-refractivity contribution in [2.45, 2.75) is 64.8 Å². The molecule has 0 aromatic heterocycles. The van der Waals surface area contributed by atoms with Gasteiger partial charge >= 0.3 is 0 Å². The summed E-state index contributed by atoms with van der Waals surface area (Å²) >= 11 is 0. The summed E-state index contributed by atoms with van der Waals surface area (Å²) in [6, 6.07) is 9.45. The molecule has 2 rings (SSSR count). The molecule has 1 aliphatic rings. The number of para-hydroxylation sites is 1. The van der Waals surface area contributed by atoms with Crippen LogP contribution in [0, 0.1) is 5.92 Å². The molecule has 1 aromatic carbocycles. The Labute approximate surface area is 112 Å². The Hall–Kier alpha value is -0.980. The molecule has 0 heterocycles. The van der Waals surface area contributed by atoms with Crippen LogP contribution < -0.4 is 5.32 Å². The second kappa shape index (κ2) is 5.34. The Kier molecular flexibility index (Phi) is 3.99. The molecule has 1 heteroatoms. The summed E-state index contributed by atoms with van der Waals surface area (Å²) in [7, 11) is 0. The Bertz CT molecular complexity index is 381. The molecule has 1 aliphatic carbocycles. The molecule has 0 atom stereocenters. The number of anilines is 1. The highest BCUT2D eigenvalue weighted by atomic mass is 14.9. The monoisotopic (exact) mass is 245 g/mol. The number of hydrogen-bond acceptors (Lipinski definition) is 1. The van der Waals surface area contributed by atoms with E-state index in [2.05, 4.69) is 57.3 Å². The van der Waals surface area contributed by atoms with E-state index in [0.717, 1.165) is 5.92 Å². The van der Waals surface area contributed by atoms with Crippen molar-refractivity contribution in [2.24, 2.45) is 5.92 Å². The van der Waals surface area contributed by atoms with Gasteiger partial charge < -0.3 is 5.32 Å². The predicted molar refractivity (Wildman–Crippen MR) is 80.2 cm³/mol. The molecule has 1 fully saturated rings. The van der Waals surface area contributed by atoms with Crippen LogP contribution in [0.2, 0.25) is 0 Å². The predicted octanol–water partition coefficient (Wildman–Crippen LogP) is 4.97. The molecule has 0 bridgehead atoms. The maximum Gasteiger partial charge on any atom is 0.0380 e. The van der Waals surface area contributed by atoms with Crippen LogP contribution in [0.15, 0.2) is 24.3 Å². The number of benzene rings is 1. The van der Waals surface area contributed by atoms with Crippen LogP contribution in [0.3, 0.4) is 0 Å². The zero-order valence-electron chi connectivity index (χ0n) is 12.3. The lowest BCUT2D eigenvalue weighted by Crippen LogP contribution is -2.27. The van der Waals surface area contributed by atoms with Crippen molar-refractivity contribution in [3.05, 3.63) is 29.8 Å². The second-order valence-corrected chi connectivity index (χ2v) is 6.90. The highest BCUT2D eigenvalue weighted by Gasteiger charge is 2.21. The summed E-state index contributed by atoms with van der Waals surface area (Å²) in [5.41, 5.74) is 2.99. The van der Waals surface area contributed by atoms with Crippen molar-refractivity contribution in [3.63, 3.8) is 0 Å². The van der Waals surface area contributed by atoms with Crippen molar-refractivity contribution in [2.75, 3.05) is 5.32 Å². The summed E-state index contributed by atoms with van der Waals surface area (Å²) in [4.78, 5) is 0. The van der Waals surface area contributed by atoms with Gasteiger partial charge in [-0.1, -0.05) is 45.9 Å². The van der Waals surface area contributed by atoms with Crippen LogP contribution >= 0.6 is 0 Å². The van der Waals surface area contributed by atoms with Gasteiger partial charge in [-0.05, 0) is 48.6 Å². The zero-order valence-corrected chi connectivity index (χ0v) is 12.3. The van der Waals surface area contributed by atoms with Gasteiger partial charge in [0.25, 0.3) is 0 Å². The number of rotatable bonds is 2. The number of nitrogens with one attached hydrogen (secondary N) is 1. The lowest BCUT2D eigenvalue weighted by Gasteiger charge is -2.30. The van der Waals surface area contributed by atoms with E-state index in [-0.39, 0.29) is 5.41 Å². The molecular formula is C17H27N. The van der Waals surface area contributed by atoms with Crippen molar-refractivity contribution in [3.8, 4) is 0 Å². The lowest BCUT2D eigenvalue weighted by atomic mass is 9.84. The Morgan fingerprint density at radius 3 is 2.22 bits per heavy atom. The van der Waals surface area contributed by atoms with E-state index in [1.165, 1.54) is 36.9 Å². The van der Waals surface area contributed by atoms with E-state index in [1.807, 2.05) is 0 Å². The van der Waals surface area contributed by atoms with Crippen LogP contribution in [0.5, 0.6) is 0 Å². The molecule has 1 saturated carbocycles. The van der Waals surface area contributed by atoms with Crippen LogP contribution in [-0.4, -0.2) is 6.04 Å². The minimum atomic E-state index is 0.214. The van der Waals surface area contributed by atoms with Gasteiger partial charge in [-0.2, -0.15) is 0 Å². The van der Waals surface area contributed by atoms with E-state index >= 15 is 0 Å². The summed E-state index contributed by atoms with van der Waals surface area (Å²) < 4.78 is 0. The van der Waals surface area contributed by atoms with Crippen molar-refractivity contribution in [1.29, 1.82) is 0 Å². The third kappa shape index (κ3) is 3.28. The molecular weight excluding hydrogens is 218 g/mol. The van der Waals surface area contributed by atoms with Crippen LogP contribution in [-0.2, 0) is 5.41 Å². The summed E-state index contributed by atoms with van der Waals surface area (Å²) in [6.45, 7) is 9.24. The summed E-state index contributed by atoms with van der Waals surface area (Å²) in [5, 5.41) is 3.78. The topological polar surface area (TPSA) is 12.0 Å². The first-order valence-corrected chi connectivity index (χ1v) is 7.33. The first kappa shape index (κ1) is 13.5.